The summed E-state index contributed by atoms with van der Waals surface area (Å²) >= 11 is 6.36. The molecule has 88 valence electrons. The van der Waals surface area contributed by atoms with Crippen molar-refractivity contribution in [1.29, 1.82) is 0 Å². The molecule has 0 radical (unpaired) electrons. The van der Waals surface area contributed by atoms with Crippen LogP contribution in [-0.2, 0) is 11.2 Å². The fourth-order valence-electron chi connectivity index (χ4n) is 2.48. The molecular formula is C14H19ClO. The quantitative estimate of drug-likeness (QED) is 0.731. The van der Waals surface area contributed by atoms with Gasteiger partial charge in [0.15, 0.2) is 0 Å². The highest BCUT2D eigenvalue weighted by atomic mass is 35.5. The molecule has 1 fully saturated rings. The molecule has 0 spiro atoms. The van der Waals surface area contributed by atoms with Crippen LogP contribution in [-0.4, -0.2) is 18.1 Å². The fraction of sp³-hybridized carbons (Fsp3) is 0.571. The number of hydrogen-bond acceptors (Lipinski definition) is 1. The van der Waals surface area contributed by atoms with Gasteiger partial charge in [0.1, 0.15) is 0 Å². The summed E-state index contributed by atoms with van der Waals surface area (Å²) in [6.07, 6.45) is 3.38. The third-order valence-electron chi connectivity index (χ3n) is 3.42. The van der Waals surface area contributed by atoms with Crippen LogP contribution >= 0.6 is 11.6 Å². The van der Waals surface area contributed by atoms with Gasteiger partial charge in [-0.3, -0.25) is 0 Å². The summed E-state index contributed by atoms with van der Waals surface area (Å²) in [5.41, 5.74) is 1.34. The number of halogens is 1. The van der Waals surface area contributed by atoms with Gasteiger partial charge in [0, 0.05) is 17.9 Å². The van der Waals surface area contributed by atoms with E-state index in [9.17, 15) is 0 Å². The van der Waals surface area contributed by atoms with E-state index < -0.39 is 0 Å². The second kappa shape index (κ2) is 5.70. The van der Waals surface area contributed by atoms with Gasteiger partial charge in [0.05, 0.1) is 6.10 Å². The number of ether oxygens (including phenoxy) is 1. The molecule has 1 aliphatic heterocycles. The maximum atomic E-state index is 6.36. The van der Waals surface area contributed by atoms with E-state index in [4.69, 9.17) is 16.3 Å². The van der Waals surface area contributed by atoms with Gasteiger partial charge in [-0.1, -0.05) is 37.3 Å². The van der Waals surface area contributed by atoms with E-state index in [-0.39, 0.29) is 5.38 Å². The van der Waals surface area contributed by atoms with Crippen LogP contribution in [0.25, 0.3) is 0 Å². The van der Waals surface area contributed by atoms with Crippen LogP contribution in [0, 0.1) is 5.92 Å². The van der Waals surface area contributed by atoms with E-state index in [1.54, 1.807) is 0 Å². The second-order valence-corrected chi connectivity index (χ2v) is 5.04. The first-order valence-electron chi connectivity index (χ1n) is 6.11. The largest absolute Gasteiger partial charge is 0.377 e. The van der Waals surface area contributed by atoms with E-state index in [1.165, 1.54) is 5.56 Å². The summed E-state index contributed by atoms with van der Waals surface area (Å²) < 4.78 is 5.87. The zero-order valence-corrected chi connectivity index (χ0v) is 10.5. The average molecular weight is 239 g/mol. The molecule has 2 rings (SSSR count). The third kappa shape index (κ3) is 2.78. The highest BCUT2D eigenvalue weighted by molar-refractivity contribution is 6.20. The van der Waals surface area contributed by atoms with Crippen molar-refractivity contribution in [2.24, 2.45) is 5.92 Å². The first kappa shape index (κ1) is 11.9. The first-order valence-corrected chi connectivity index (χ1v) is 6.54. The van der Waals surface area contributed by atoms with Crippen molar-refractivity contribution in [3.05, 3.63) is 35.9 Å². The van der Waals surface area contributed by atoms with Gasteiger partial charge in [-0.25, -0.2) is 0 Å². The maximum absolute atomic E-state index is 6.36. The highest BCUT2D eigenvalue weighted by Crippen LogP contribution is 2.30. The number of alkyl halides is 1. The van der Waals surface area contributed by atoms with Crippen molar-refractivity contribution in [1.82, 2.24) is 0 Å². The van der Waals surface area contributed by atoms with E-state index in [1.807, 2.05) is 6.07 Å². The van der Waals surface area contributed by atoms with Gasteiger partial charge in [-0.2, -0.15) is 0 Å². The minimum Gasteiger partial charge on any atom is -0.377 e. The molecule has 1 nitrogen and oxygen atoms in total. The Bertz CT molecular complexity index is 312. The van der Waals surface area contributed by atoms with Crippen molar-refractivity contribution in [3.63, 3.8) is 0 Å². The van der Waals surface area contributed by atoms with Crippen molar-refractivity contribution >= 4 is 11.6 Å². The molecule has 1 aliphatic rings. The Kier molecular flexibility index (Phi) is 4.25. The molecule has 1 aromatic carbocycles. The average Bonchev–Trinajstić information content (AvgIpc) is 2.31. The fourth-order valence-corrected chi connectivity index (χ4v) is 2.91. The monoisotopic (exact) mass is 238 g/mol. The van der Waals surface area contributed by atoms with E-state index in [0.29, 0.717) is 12.0 Å². The lowest BCUT2D eigenvalue weighted by molar-refractivity contribution is -0.0241. The molecule has 1 aromatic rings. The Labute approximate surface area is 103 Å². The molecule has 0 aromatic heterocycles. The molecule has 16 heavy (non-hydrogen) atoms. The molecule has 0 saturated carbocycles. The van der Waals surface area contributed by atoms with Crippen LogP contribution in [0.15, 0.2) is 30.3 Å². The predicted molar refractivity (Wildman–Crippen MR) is 67.9 cm³/mol. The summed E-state index contributed by atoms with van der Waals surface area (Å²) in [6, 6.07) is 10.5. The molecule has 1 saturated heterocycles. The highest BCUT2D eigenvalue weighted by Gasteiger charge is 2.31. The second-order valence-electron chi connectivity index (χ2n) is 4.48. The molecule has 0 unspecified atom stereocenters. The van der Waals surface area contributed by atoms with Crippen molar-refractivity contribution < 1.29 is 4.74 Å². The van der Waals surface area contributed by atoms with Gasteiger partial charge >= 0.3 is 0 Å². The summed E-state index contributed by atoms with van der Waals surface area (Å²) in [5, 5.41) is 0.285. The summed E-state index contributed by atoms with van der Waals surface area (Å²) in [4.78, 5) is 0. The number of benzene rings is 1. The van der Waals surface area contributed by atoms with Crippen LogP contribution in [0.1, 0.15) is 25.3 Å². The first-order chi connectivity index (χ1) is 7.81. The topological polar surface area (TPSA) is 9.23 Å². The Hall–Kier alpha value is -0.530. The molecule has 0 N–H and O–H groups in total. The van der Waals surface area contributed by atoms with Gasteiger partial charge in [0.25, 0.3) is 0 Å². The SMILES string of the molecule is CC[C@@H]1[C@H](Cl)CCO[C@@H]1Cc1ccccc1. The van der Waals surface area contributed by atoms with Crippen LogP contribution < -0.4 is 0 Å². The number of rotatable bonds is 3. The van der Waals surface area contributed by atoms with Crippen LogP contribution in [0.2, 0.25) is 0 Å². The minimum atomic E-state index is 0.285. The molecular weight excluding hydrogens is 220 g/mol. The molecule has 1 heterocycles. The summed E-state index contributed by atoms with van der Waals surface area (Å²) in [5.74, 6) is 0.496. The zero-order chi connectivity index (χ0) is 11.4. The zero-order valence-electron chi connectivity index (χ0n) is 9.73. The lowest BCUT2D eigenvalue weighted by Crippen LogP contribution is -2.38. The normalized spacial score (nSPS) is 30.2. The van der Waals surface area contributed by atoms with Crippen LogP contribution in [0.3, 0.4) is 0 Å². The van der Waals surface area contributed by atoms with Gasteiger partial charge in [0.2, 0.25) is 0 Å². The van der Waals surface area contributed by atoms with Crippen molar-refractivity contribution in [2.75, 3.05) is 6.61 Å². The smallest absolute Gasteiger partial charge is 0.0657 e. The molecule has 0 bridgehead atoms. The summed E-state index contributed by atoms with van der Waals surface area (Å²) in [6.45, 7) is 3.01. The van der Waals surface area contributed by atoms with Gasteiger partial charge < -0.3 is 4.74 Å². The van der Waals surface area contributed by atoms with Crippen molar-refractivity contribution in [2.45, 2.75) is 37.7 Å². The van der Waals surface area contributed by atoms with E-state index >= 15 is 0 Å². The van der Waals surface area contributed by atoms with Gasteiger partial charge in [-0.15, -0.1) is 11.6 Å². The standard InChI is InChI=1S/C14H19ClO/c1-2-12-13(15)8-9-16-14(12)10-11-6-4-3-5-7-11/h3-7,12-14H,2,8-10H2,1H3/t12-,13-,14-/m1/s1. The summed E-state index contributed by atoms with van der Waals surface area (Å²) in [7, 11) is 0. The molecule has 2 heteroatoms. The maximum Gasteiger partial charge on any atom is 0.0657 e. The van der Waals surface area contributed by atoms with Gasteiger partial charge in [-0.05, 0) is 24.8 Å². The molecule has 3 atom stereocenters. The Balaban J connectivity index is 2.02. The third-order valence-corrected chi connectivity index (χ3v) is 3.96. The molecule has 0 aliphatic carbocycles. The van der Waals surface area contributed by atoms with Crippen molar-refractivity contribution in [3.8, 4) is 0 Å². The Morgan fingerprint density at radius 2 is 2.06 bits per heavy atom. The lowest BCUT2D eigenvalue weighted by Gasteiger charge is -2.34. The predicted octanol–water partition coefficient (Wildman–Crippen LogP) is 3.65. The molecule has 0 amide bonds. The minimum absolute atomic E-state index is 0.285. The lowest BCUT2D eigenvalue weighted by atomic mass is 9.88. The van der Waals surface area contributed by atoms with Crippen LogP contribution in [0.5, 0.6) is 0 Å². The van der Waals surface area contributed by atoms with E-state index in [0.717, 1.165) is 25.9 Å². The number of hydrogen-bond donors (Lipinski definition) is 0. The van der Waals surface area contributed by atoms with E-state index in [2.05, 4.69) is 31.2 Å². The Morgan fingerprint density at radius 1 is 1.31 bits per heavy atom. The van der Waals surface area contributed by atoms with Crippen LogP contribution in [0.4, 0.5) is 0 Å². The Morgan fingerprint density at radius 3 is 2.75 bits per heavy atom.